The van der Waals surface area contributed by atoms with E-state index < -0.39 is 0 Å². The molecule has 0 unspecified atom stereocenters. The predicted octanol–water partition coefficient (Wildman–Crippen LogP) is 2.17. The molecule has 106 valence electrons. The van der Waals surface area contributed by atoms with Gasteiger partial charge in [-0.05, 0) is 30.8 Å². The zero-order valence-electron chi connectivity index (χ0n) is 11.1. The molecule has 2 rings (SSSR count). The number of nitrogens with one attached hydrogen (secondary N) is 1. The van der Waals surface area contributed by atoms with Crippen LogP contribution in [0.2, 0.25) is 5.02 Å². The van der Waals surface area contributed by atoms with Gasteiger partial charge in [0.05, 0.1) is 18.4 Å². The number of nitrogens with two attached hydrogens (primary N) is 1. The first-order chi connectivity index (χ1) is 9.60. The lowest BCUT2D eigenvalue weighted by atomic mass is 10.2. The summed E-state index contributed by atoms with van der Waals surface area (Å²) in [5, 5.41) is 0.712. The van der Waals surface area contributed by atoms with Gasteiger partial charge in [0.2, 0.25) is 0 Å². The smallest absolute Gasteiger partial charge is 0.268 e. The van der Waals surface area contributed by atoms with Crippen molar-refractivity contribution in [1.29, 1.82) is 0 Å². The molecule has 0 fully saturated rings. The van der Waals surface area contributed by atoms with Gasteiger partial charge in [-0.1, -0.05) is 23.7 Å². The standard InChI is InChI=1S/C14H16ClN3O2/c1-18(8-10-2-4-11(15)5-3-10)9-13-12(6-7-20-13)14(19)17-16/h2-7H,8-9,16H2,1H3,(H,17,19). The van der Waals surface area contributed by atoms with E-state index in [0.29, 0.717) is 22.9 Å². The molecule has 0 bridgehead atoms. The van der Waals surface area contributed by atoms with Crippen LogP contribution in [0.3, 0.4) is 0 Å². The van der Waals surface area contributed by atoms with E-state index in [1.807, 2.05) is 36.2 Å². The highest BCUT2D eigenvalue weighted by Gasteiger charge is 2.15. The second kappa shape index (κ2) is 6.56. The molecule has 0 atom stereocenters. The molecular formula is C14H16ClN3O2. The number of hydrazine groups is 1. The monoisotopic (exact) mass is 293 g/mol. The summed E-state index contributed by atoms with van der Waals surface area (Å²) in [6.07, 6.45) is 1.48. The first-order valence-electron chi connectivity index (χ1n) is 6.10. The third-order valence-electron chi connectivity index (χ3n) is 2.90. The number of benzene rings is 1. The van der Waals surface area contributed by atoms with Gasteiger partial charge in [-0.2, -0.15) is 0 Å². The summed E-state index contributed by atoms with van der Waals surface area (Å²) < 4.78 is 5.34. The van der Waals surface area contributed by atoms with E-state index in [9.17, 15) is 4.79 Å². The summed E-state index contributed by atoms with van der Waals surface area (Å²) in [6.45, 7) is 1.24. The summed E-state index contributed by atoms with van der Waals surface area (Å²) in [6, 6.07) is 9.24. The molecule has 1 amide bonds. The van der Waals surface area contributed by atoms with Crippen LogP contribution in [0.4, 0.5) is 0 Å². The van der Waals surface area contributed by atoms with E-state index in [4.69, 9.17) is 21.9 Å². The number of furan rings is 1. The Labute approximate surface area is 122 Å². The molecule has 20 heavy (non-hydrogen) atoms. The molecule has 1 aromatic heterocycles. The molecule has 5 nitrogen and oxygen atoms in total. The highest BCUT2D eigenvalue weighted by atomic mass is 35.5. The number of halogens is 1. The van der Waals surface area contributed by atoms with Crippen LogP contribution < -0.4 is 11.3 Å². The van der Waals surface area contributed by atoms with Crippen molar-refractivity contribution in [3.8, 4) is 0 Å². The molecule has 0 aliphatic rings. The van der Waals surface area contributed by atoms with Crippen LogP contribution in [0.15, 0.2) is 41.0 Å². The number of hydrogen-bond donors (Lipinski definition) is 2. The van der Waals surface area contributed by atoms with Gasteiger partial charge in [-0.25, -0.2) is 5.84 Å². The minimum Gasteiger partial charge on any atom is -0.467 e. The molecule has 0 radical (unpaired) electrons. The number of carbonyl (C=O) groups excluding carboxylic acids is 1. The van der Waals surface area contributed by atoms with Crippen molar-refractivity contribution in [3.63, 3.8) is 0 Å². The van der Waals surface area contributed by atoms with Gasteiger partial charge in [0.1, 0.15) is 5.76 Å². The van der Waals surface area contributed by atoms with Gasteiger partial charge in [0, 0.05) is 11.6 Å². The molecule has 0 saturated heterocycles. The molecular weight excluding hydrogens is 278 g/mol. The molecule has 0 spiro atoms. The van der Waals surface area contributed by atoms with Crippen LogP contribution in [0.1, 0.15) is 21.7 Å². The van der Waals surface area contributed by atoms with E-state index in [1.54, 1.807) is 6.07 Å². The highest BCUT2D eigenvalue weighted by Crippen LogP contribution is 2.15. The third-order valence-corrected chi connectivity index (χ3v) is 3.15. The van der Waals surface area contributed by atoms with Crippen LogP contribution in [-0.2, 0) is 13.1 Å². The average molecular weight is 294 g/mol. The van der Waals surface area contributed by atoms with Crippen LogP contribution in [0.5, 0.6) is 0 Å². The third kappa shape index (κ3) is 3.60. The zero-order valence-corrected chi connectivity index (χ0v) is 11.9. The molecule has 3 N–H and O–H groups in total. The van der Waals surface area contributed by atoms with Crippen molar-refractivity contribution in [1.82, 2.24) is 10.3 Å². The van der Waals surface area contributed by atoms with Crippen LogP contribution in [0, 0.1) is 0 Å². The van der Waals surface area contributed by atoms with Gasteiger partial charge in [-0.15, -0.1) is 0 Å². The van der Waals surface area contributed by atoms with Crippen LogP contribution >= 0.6 is 11.6 Å². The number of nitrogen functional groups attached to an aromatic ring is 1. The van der Waals surface area contributed by atoms with Gasteiger partial charge < -0.3 is 4.42 Å². The largest absolute Gasteiger partial charge is 0.467 e. The van der Waals surface area contributed by atoms with E-state index >= 15 is 0 Å². The molecule has 0 aliphatic carbocycles. The average Bonchev–Trinajstić information content (AvgIpc) is 2.88. The Morgan fingerprint density at radius 3 is 2.65 bits per heavy atom. The van der Waals surface area contributed by atoms with Crippen molar-refractivity contribution in [3.05, 3.63) is 58.5 Å². The minimum atomic E-state index is -0.353. The van der Waals surface area contributed by atoms with Crippen molar-refractivity contribution in [2.24, 2.45) is 5.84 Å². The summed E-state index contributed by atoms with van der Waals surface area (Å²) in [5.74, 6) is 5.37. The lowest BCUT2D eigenvalue weighted by Gasteiger charge is -2.16. The van der Waals surface area contributed by atoms with Gasteiger partial charge >= 0.3 is 0 Å². The maximum atomic E-state index is 11.5. The second-order valence-electron chi connectivity index (χ2n) is 4.53. The number of nitrogens with zero attached hydrogens (tertiary/aromatic N) is 1. The Morgan fingerprint density at radius 2 is 2.00 bits per heavy atom. The summed E-state index contributed by atoms with van der Waals surface area (Å²) >= 11 is 5.85. The topological polar surface area (TPSA) is 71.5 Å². The fraction of sp³-hybridized carbons (Fsp3) is 0.214. The Morgan fingerprint density at radius 1 is 1.30 bits per heavy atom. The molecule has 1 aromatic carbocycles. The Hall–Kier alpha value is -1.82. The Kier molecular flexibility index (Phi) is 4.79. The summed E-state index contributed by atoms with van der Waals surface area (Å²) in [4.78, 5) is 13.6. The van der Waals surface area contributed by atoms with Crippen molar-refractivity contribution >= 4 is 17.5 Å². The maximum Gasteiger partial charge on any atom is 0.268 e. The first-order valence-corrected chi connectivity index (χ1v) is 6.48. The SMILES string of the molecule is CN(Cc1ccc(Cl)cc1)Cc1occc1C(=O)NN. The number of carbonyl (C=O) groups is 1. The molecule has 0 saturated carbocycles. The Balaban J connectivity index is 2.01. The number of hydrogen-bond acceptors (Lipinski definition) is 4. The maximum absolute atomic E-state index is 11.5. The van der Waals surface area contributed by atoms with Crippen molar-refractivity contribution in [2.75, 3.05) is 7.05 Å². The van der Waals surface area contributed by atoms with Gasteiger partial charge in [0.25, 0.3) is 5.91 Å². The zero-order chi connectivity index (χ0) is 14.5. The molecule has 1 heterocycles. The lowest BCUT2D eigenvalue weighted by Crippen LogP contribution is -2.31. The van der Waals surface area contributed by atoms with Crippen molar-refractivity contribution < 1.29 is 9.21 Å². The Bertz CT molecular complexity index is 580. The van der Waals surface area contributed by atoms with Crippen LogP contribution in [0.25, 0.3) is 0 Å². The highest BCUT2D eigenvalue weighted by molar-refractivity contribution is 6.30. The number of amides is 1. The summed E-state index contributed by atoms with van der Waals surface area (Å²) in [7, 11) is 1.95. The van der Waals surface area contributed by atoms with E-state index in [1.165, 1.54) is 6.26 Å². The normalized spacial score (nSPS) is 10.8. The second-order valence-corrected chi connectivity index (χ2v) is 4.97. The quantitative estimate of drug-likeness (QED) is 0.503. The first kappa shape index (κ1) is 14.6. The fourth-order valence-corrected chi connectivity index (χ4v) is 2.07. The number of rotatable bonds is 5. The van der Waals surface area contributed by atoms with E-state index in [2.05, 4.69) is 5.43 Å². The summed E-state index contributed by atoms with van der Waals surface area (Å²) in [5.41, 5.74) is 3.69. The fourth-order valence-electron chi connectivity index (χ4n) is 1.95. The molecule has 2 aromatic rings. The lowest BCUT2D eigenvalue weighted by molar-refractivity contribution is 0.0950. The van der Waals surface area contributed by atoms with Crippen LogP contribution in [-0.4, -0.2) is 17.9 Å². The van der Waals surface area contributed by atoms with E-state index in [-0.39, 0.29) is 5.91 Å². The van der Waals surface area contributed by atoms with Crippen molar-refractivity contribution in [2.45, 2.75) is 13.1 Å². The molecule has 6 heteroatoms. The van der Waals surface area contributed by atoms with Gasteiger partial charge in [0.15, 0.2) is 0 Å². The predicted molar refractivity (Wildman–Crippen MR) is 77.0 cm³/mol. The van der Waals surface area contributed by atoms with Gasteiger partial charge in [-0.3, -0.25) is 15.1 Å². The van der Waals surface area contributed by atoms with E-state index in [0.717, 1.165) is 12.1 Å². The molecule has 0 aliphatic heterocycles. The minimum absolute atomic E-state index is 0.353.